The summed E-state index contributed by atoms with van der Waals surface area (Å²) in [7, 11) is 0. The quantitative estimate of drug-likeness (QED) is 0.612. The summed E-state index contributed by atoms with van der Waals surface area (Å²) in [5.74, 6) is 0.437. The van der Waals surface area contributed by atoms with Crippen molar-refractivity contribution in [3.05, 3.63) is 35.4 Å². The highest BCUT2D eigenvalue weighted by Crippen LogP contribution is 2.22. The first-order valence-corrected chi connectivity index (χ1v) is 4.75. The zero-order chi connectivity index (χ0) is 9.14. The maximum Gasteiger partial charge on any atom is 0.0373 e. The summed E-state index contributed by atoms with van der Waals surface area (Å²) in [4.78, 5) is 0. The van der Waals surface area contributed by atoms with Gasteiger partial charge in [0.2, 0.25) is 0 Å². The lowest BCUT2D eigenvalue weighted by Crippen LogP contribution is -2.04. The summed E-state index contributed by atoms with van der Waals surface area (Å²) in [5, 5.41) is 0.202. The molecule has 2 unspecified atom stereocenters. The number of rotatable bonds is 2. The molecule has 0 saturated carbocycles. The molecule has 0 aliphatic rings. The summed E-state index contributed by atoms with van der Waals surface area (Å²) in [6, 6.07) is 8.56. The lowest BCUT2D eigenvalue weighted by Gasteiger charge is -2.13. The van der Waals surface area contributed by atoms with Crippen LogP contribution in [0.25, 0.3) is 0 Å². The van der Waals surface area contributed by atoms with Gasteiger partial charge in [-0.15, -0.1) is 11.6 Å². The zero-order valence-electron chi connectivity index (χ0n) is 7.84. The Morgan fingerprint density at radius 3 is 2.00 bits per heavy atom. The molecule has 0 fully saturated rings. The van der Waals surface area contributed by atoms with E-state index in [2.05, 4.69) is 38.1 Å². The zero-order valence-corrected chi connectivity index (χ0v) is 8.60. The van der Waals surface area contributed by atoms with Crippen LogP contribution in [0.15, 0.2) is 24.3 Å². The standard InChI is InChI=1S/C11H15Cl/c1-8-4-6-11(7-5-8)9(2)10(3)12/h4-7,9-10H,1-3H3. The third kappa shape index (κ3) is 2.25. The molecule has 0 nitrogen and oxygen atoms in total. The van der Waals surface area contributed by atoms with Gasteiger partial charge in [-0.2, -0.15) is 0 Å². The first-order valence-electron chi connectivity index (χ1n) is 4.32. The predicted molar refractivity (Wildman–Crippen MR) is 54.9 cm³/mol. The van der Waals surface area contributed by atoms with Crippen molar-refractivity contribution in [3.63, 3.8) is 0 Å². The molecule has 0 aliphatic carbocycles. The fourth-order valence-corrected chi connectivity index (χ4v) is 1.28. The molecule has 1 heteroatoms. The summed E-state index contributed by atoms with van der Waals surface area (Å²) in [6.45, 7) is 6.28. The van der Waals surface area contributed by atoms with E-state index >= 15 is 0 Å². The topological polar surface area (TPSA) is 0 Å². The van der Waals surface area contributed by atoms with Gasteiger partial charge in [-0.1, -0.05) is 36.8 Å². The first-order chi connectivity index (χ1) is 5.61. The molecule has 12 heavy (non-hydrogen) atoms. The Hall–Kier alpha value is -0.490. The Morgan fingerprint density at radius 2 is 1.58 bits per heavy atom. The van der Waals surface area contributed by atoms with E-state index in [0.717, 1.165) is 0 Å². The molecule has 0 spiro atoms. The molecule has 1 rings (SSSR count). The number of benzene rings is 1. The van der Waals surface area contributed by atoms with Crippen molar-refractivity contribution in [2.24, 2.45) is 0 Å². The van der Waals surface area contributed by atoms with Gasteiger partial charge in [0, 0.05) is 5.38 Å². The Bertz CT molecular complexity index is 236. The molecule has 1 aromatic rings. The van der Waals surface area contributed by atoms with Crippen LogP contribution in [0.3, 0.4) is 0 Å². The van der Waals surface area contributed by atoms with Crippen LogP contribution in [0.5, 0.6) is 0 Å². The van der Waals surface area contributed by atoms with Crippen LogP contribution >= 0.6 is 11.6 Å². The van der Waals surface area contributed by atoms with Crippen molar-refractivity contribution < 1.29 is 0 Å². The molecular formula is C11H15Cl. The largest absolute Gasteiger partial charge is 0.123 e. The molecule has 66 valence electrons. The molecule has 1 aromatic carbocycles. The van der Waals surface area contributed by atoms with E-state index in [1.807, 2.05) is 6.92 Å². The Kier molecular flexibility index (Phi) is 3.16. The Morgan fingerprint density at radius 1 is 1.08 bits per heavy atom. The van der Waals surface area contributed by atoms with Crippen molar-refractivity contribution >= 4 is 11.6 Å². The number of hydrogen-bond acceptors (Lipinski definition) is 0. The lowest BCUT2D eigenvalue weighted by molar-refractivity contribution is 0.742. The molecule has 0 N–H and O–H groups in total. The van der Waals surface area contributed by atoms with E-state index in [1.54, 1.807) is 0 Å². The third-order valence-corrected chi connectivity index (χ3v) is 2.67. The smallest absolute Gasteiger partial charge is 0.0373 e. The molecule has 0 saturated heterocycles. The van der Waals surface area contributed by atoms with Gasteiger partial charge in [-0.3, -0.25) is 0 Å². The molecule has 0 radical (unpaired) electrons. The maximum atomic E-state index is 6.00. The molecular weight excluding hydrogens is 168 g/mol. The van der Waals surface area contributed by atoms with Gasteiger partial charge in [-0.05, 0) is 25.3 Å². The van der Waals surface area contributed by atoms with Crippen LogP contribution in [-0.2, 0) is 0 Å². The second-order valence-corrected chi connectivity index (χ2v) is 4.07. The van der Waals surface area contributed by atoms with Gasteiger partial charge in [0.05, 0.1) is 0 Å². The van der Waals surface area contributed by atoms with Gasteiger partial charge >= 0.3 is 0 Å². The third-order valence-electron chi connectivity index (χ3n) is 2.29. The first kappa shape index (κ1) is 9.60. The second kappa shape index (κ2) is 3.95. The van der Waals surface area contributed by atoms with Crippen LogP contribution in [0.1, 0.15) is 30.9 Å². The lowest BCUT2D eigenvalue weighted by atomic mass is 9.97. The average molecular weight is 183 g/mol. The monoisotopic (exact) mass is 182 g/mol. The minimum Gasteiger partial charge on any atom is -0.123 e. The number of alkyl halides is 1. The Balaban J connectivity index is 2.82. The van der Waals surface area contributed by atoms with E-state index in [4.69, 9.17) is 11.6 Å². The molecule has 0 bridgehead atoms. The van der Waals surface area contributed by atoms with Crippen LogP contribution in [0.4, 0.5) is 0 Å². The highest BCUT2D eigenvalue weighted by molar-refractivity contribution is 6.20. The summed E-state index contributed by atoms with van der Waals surface area (Å²) < 4.78 is 0. The minimum absolute atomic E-state index is 0.202. The van der Waals surface area contributed by atoms with Gasteiger partial charge in [0.25, 0.3) is 0 Å². The fourth-order valence-electron chi connectivity index (χ4n) is 1.14. The molecule has 0 aromatic heterocycles. The van der Waals surface area contributed by atoms with Crippen LogP contribution < -0.4 is 0 Å². The molecule has 0 heterocycles. The number of hydrogen-bond donors (Lipinski definition) is 0. The van der Waals surface area contributed by atoms with Gasteiger partial charge in [0.15, 0.2) is 0 Å². The number of halogens is 1. The normalized spacial score (nSPS) is 15.7. The van der Waals surface area contributed by atoms with Crippen molar-refractivity contribution in [1.29, 1.82) is 0 Å². The van der Waals surface area contributed by atoms with E-state index in [1.165, 1.54) is 11.1 Å². The molecule has 0 amide bonds. The Labute approximate surface area is 79.6 Å². The SMILES string of the molecule is Cc1ccc(C(C)C(C)Cl)cc1. The summed E-state index contributed by atoms with van der Waals surface area (Å²) >= 11 is 6.00. The van der Waals surface area contributed by atoms with Gasteiger partial charge < -0.3 is 0 Å². The van der Waals surface area contributed by atoms with Crippen molar-refractivity contribution in [1.82, 2.24) is 0 Å². The van der Waals surface area contributed by atoms with Crippen LogP contribution in [-0.4, -0.2) is 5.38 Å². The van der Waals surface area contributed by atoms with Gasteiger partial charge in [0.1, 0.15) is 0 Å². The van der Waals surface area contributed by atoms with Crippen molar-refractivity contribution in [3.8, 4) is 0 Å². The van der Waals surface area contributed by atoms with E-state index in [9.17, 15) is 0 Å². The maximum absolute atomic E-state index is 6.00. The molecule has 0 aliphatic heterocycles. The average Bonchev–Trinajstić information content (AvgIpc) is 2.04. The highest BCUT2D eigenvalue weighted by Gasteiger charge is 2.10. The summed E-state index contributed by atoms with van der Waals surface area (Å²) in [5.41, 5.74) is 2.62. The van der Waals surface area contributed by atoms with E-state index in [0.29, 0.717) is 5.92 Å². The number of aryl methyl sites for hydroxylation is 1. The van der Waals surface area contributed by atoms with E-state index < -0.39 is 0 Å². The fraction of sp³-hybridized carbons (Fsp3) is 0.455. The highest BCUT2D eigenvalue weighted by atomic mass is 35.5. The van der Waals surface area contributed by atoms with Crippen molar-refractivity contribution in [2.45, 2.75) is 32.1 Å². The summed E-state index contributed by atoms with van der Waals surface area (Å²) in [6.07, 6.45) is 0. The molecule has 2 atom stereocenters. The van der Waals surface area contributed by atoms with Gasteiger partial charge in [-0.25, -0.2) is 0 Å². The second-order valence-electron chi connectivity index (χ2n) is 3.38. The van der Waals surface area contributed by atoms with Crippen molar-refractivity contribution in [2.75, 3.05) is 0 Å². The predicted octanol–water partition coefficient (Wildman–Crippen LogP) is 3.73. The minimum atomic E-state index is 0.202. The van der Waals surface area contributed by atoms with Crippen LogP contribution in [0.2, 0.25) is 0 Å². The van der Waals surface area contributed by atoms with E-state index in [-0.39, 0.29) is 5.38 Å². The van der Waals surface area contributed by atoms with Crippen LogP contribution in [0, 0.1) is 6.92 Å².